The van der Waals surface area contributed by atoms with E-state index < -0.39 is 35.2 Å². The maximum absolute atomic E-state index is 13.0. The van der Waals surface area contributed by atoms with E-state index in [2.05, 4.69) is 22.9 Å². The fourth-order valence-electron chi connectivity index (χ4n) is 8.07. The molecular weight excluding hydrogens is 562 g/mol. The Hall–Kier alpha value is -3.91. The maximum Gasteiger partial charge on any atom is 0.335 e. The molecule has 1 amide bonds. The Morgan fingerprint density at radius 2 is 1.65 bits per heavy atom. The number of fused-ring (bicyclic) bond motifs is 1. The molecule has 1 saturated carbocycles. The number of piperidine rings is 1. The molecule has 6 N–H and O–H groups in total. The van der Waals surface area contributed by atoms with Gasteiger partial charge in [0, 0.05) is 18.7 Å². The van der Waals surface area contributed by atoms with Crippen molar-refractivity contribution < 1.29 is 49.8 Å². The zero-order chi connectivity index (χ0) is 31.0. The minimum Gasteiger partial charge on any atom is -0.504 e. The standard InChI is InChI=1S/C26H29N3O4.C4H6O6/c1-27-12-11-25-22-15-7-8-19(30)23(22)33-24(25)18(9-10-26(25,32)20(27)13-15)29-14-21(31)28(2)16-5-3-4-6-17(16)29;5-1(3(7)8)2(6)4(9)10/h3-8,18,20,24,30,32H,9-14H2,1-2H3;1-2,5-6H,(H,7,8)(H,9,10)/t18-,20-,24+,25+,26?;/m1./s1. The zero-order valence-corrected chi connectivity index (χ0v) is 23.8. The molecule has 2 aromatic carbocycles. The number of phenolic OH excluding ortho intramolecular Hbond substituents is 1. The number of aliphatic carboxylic acids is 2. The lowest BCUT2D eigenvalue weighted by molar-refractivity contribution is -0.184. The number of carboxylic acid groups (broad SMARTS) is 2. The number of benzene rings is 2. The molecule has 230 valence electrons. The normalized spacial score (nSPS) is 31.6. The van der Waals surface area contributed by atoms with Gasteiger partial charge in [0.1, 0.15) is 6.10 Å². The Kier molecular flexibility index (Phi) is 6.84. The maximum atomic E-state index is 13.0. The number of aliphatic hydroxyl groups is 3. The highest BCUT2D eigenvalue weighted by Gasteiger charge is 2.73. The number of aliphatic hydroxyl groups excluding tert-OH is 2. The molecule has 2 fully saturated rings. The molecular formula is C30H35N3O10. The predicted octanol–water partition coefficient (Wildman–Crippen LogP) is -0.0949. The number of carbonyl (C=O) groups is 3. The quantitative estimate of drug-likeness (QED) is 0.275. The minimum absolute atomic E-state index is 0.0164. The minimum atomic E-state index is -2.27. The van der Waals surface area contributed by atoms with E-state index in [0.717, 1.165) is 42.7 Å². The molecule has 5 aliphatic rings. The van der Waals surface area contributed by atoms with Crippen LogP contribution in [0.25, 0.3) is 0 Å². The SMILES string of the molecule is CN1C(=O)CN([C@@H]2CCC3(O)[C@H]4Cc5ccc(O)c6c5[C@@]3(CCN4C)[C@H]2O6)c2ccccc21.O=C(O)C(O)C(O)C(=O)O. The van der Waals surface area contributed by atoms with Crippen LogP contribution in [0.4, 0.5) is 11.4 Å². The first-order valence-electron chi connectivity index (χ1n) is 14.2. The van der Waals surface area contributed by atoms with Gasteiger partial charge in [-0.25, -0.2) is 9.59 Å². The van der Waals surface area contributed by atoms with Crippen LogP contribution in [0.15, 0.2) is 36.4 Å². The Morgan fingerprint density at radius 1 is 1.00 bits per heavy atom. The van der Waals surface area contributed by atoms with E-state index in [1.54, 1.807) is 11.0 Å². The molecule has 0 aromatic heterocycles. The van der Waals surface area contributed by atoms with Crippen LogP contribution in [0, 0.1) is 0 Å². The first-order chi connectivity index (χ1) is 20.3. The van der Waals surface area contributed by atoms with E-state index in [0.29, 0.717) is 12.2 Å². The first kappa shape index (κ1) is 29.2. The summed E-state index contributed by atoms with van der Waals surface area (Å²) in [5.41, 5.74) is 2.59. The van der Waals surface area contributed by atoms with Gasteiger partial charge >= 0.3 is 11.9 Å². The number of carboxylic acids is 2. The van der Waals surface area contributed by atoms with E-state index in [-0.39, 0.29) is 36.4 Å². The monoisotopic (exact) mass is 597 g/mol. The number of para-hydroxylation sites is 2. The Morgan fingerprint density at radius 3 is 2.30 bits per heavy atom. The number of carbonyl (C=O) groups excluding carboxylic acids is 1. The van der Waals surface area contributed by atoms with Gasteiger partial charge in [-0.1, -0.05) is 18.2 Å². The lowest BCUT2D eigenvalue weighted by atomic mass is 9.48. The van der Waals surface area contributed by atoms with Crippen molar-refractivity contribution in [3.05, 3.63) is 47.5 Å². The highest BCUT2D eigenvalue weighted by molar-refractivity contribution is 6.03. The average Bonchev–Trinajstić information content (AvgIpc) is 3.34. The lowest BCUT2D eigenvalue weighted by Gasteiger charge is -2.64. The van der Waals surface area contributed by atoms with Crippen LogP contribution in [-0.4, -0.2) is 117 Å². The molecule has 0 radical (unpaired) electrons. The van der Waals surface area contributed by atoms with Crippen LogP contribution in [0.3, 0.4) is 0 Å². The summed E-state index contributed by atoms with van der Waals surface area (Å²) >= 11 is 0. The number of likely N-dealkylation sites (tertiary alicyclic amines) is 1. The van der Waals surface area contributed by atoms with Crippen LogP contribution in [0.1, 0.15) is 30.4 Å². The van der Waals surface area contributed by atoms with Gasteiger partial charge in [0.25, 0.3) is 0 Å². The molecule has 13 nitrogen and oxygen atoms in total. The number of hydrogen-bond acceptors (Lipinski definition) is 10. The average molecular weight is 598 g/mol. The number of ether oxygens (including phenoxy) is 1. The van der Waals surface area contributed by atoms with E-state index >= 15 is 0 Å². The van der Waals surface area contributed by atoms with Crippen molar-refractivity contribution in [3.63, 3.8) is 0 Å². The smallest absolute Gasteiger partial charge is 0.335 e. The summed E-state index contributed by atoms with van der Waals surface area (Å²) in [5, 5.41) is 55.7. The van der Waals surface area contributed by atoms with Crippen LogP contribution in [-0.2, 0) is 26.2 Å². The third-order valence-corrected chi connectivity index (χ3v) is 10.1. The molecule has 43 heavy (non-hydrogen) atoms. The molecule has 7 rings (SSSR count). The van der Waals surface area contributed by atoms with E-state index in [1.165, 1.54) is 5.56 Å². The first-order valence-corrected chi connectivity index (χ1v) is 14.2. The van der Waals surface area contributed by atoms with Gasteiger partial charge in [0.2, 0.25) is 5.91 Å². The molecule has 7 atom stereocenters. The molecule has 3 heterocycles. The molecule has 13 heteroatoms. The Bertz CT molecular complexity index is 1480. The lowest BCUT2D eigenvalue weighted by Crippen LogP contribution is -2.78. The van der Waals surface area contributed by atoms with Crippen LogP contribution >= 0.6 is 0 Å². The van der Waals surface area contributed by atoms with Gasteiger partial charge in [-0.05, 0) is 63.0 Å². The van der Waals surface area contributed by atoms with Crippen LogP contribution in [0.5, 0.6) is 11.5 Å². The number of anilines is 2. The molecule has 2 bridgehead atoms. The Balaban J connectivity index is 0.000000286. The topological polar surface area (TPSA) is 192 Å². The second kappa shape index (κ2) is 10.1. The number of phenols is 1. The van der Waals surface area contributed by atoms with Gasteiger partial charge in [-0.3, -0.25) is 4.79 Å². The third kappa shape index (κ3) is 4.02. The van der Waals surface area contributed by atoms with Gasteiger partial charge in [0.05, 0.1) is 35.0 Å². The summed E-state index contributed by atoms with van der Waals surface area (Å²) in [5.74, 6) is -2.80. The molecule has 2 aromatic rings. The number of likely N-dealkylation sites (N-methyl/N-ethyl adjacent to an activating group) is 2. The second-order valence-electron chi connectivity index (χ2n) is 12.1. The molecule has 3 unspecified atom stereocenters. The number of nitrogens with zero attached hydrogens (tertiary/aromatic N) is 3. The number of rotatable bonds is 4. The summed E-state index contributed by atoms with van der Waals surface area (Å²) in [7, 11) is 3.93. The van der Waals surface area contributed by atoms with Crippen molar-refractivity contribution in [3.8, 4) is 11.5 Å². The van der Waals surface area contributed by atoms with Crippen molar-refractivity contribution in [1.29, 1.82) is 0 Å². The van der Waals surface area contributed by atoms with Gasteiger partial charge < -0.3 is 50.1 Å². The highest BCUT2D eigenvalue weighted by atomic mass is 16.5. The molecule has 2 aliphatic carbocycles. The second-order valence-corrected chi connectivity index (χ2v) is 12.1. The van der Waals surface area contributed by atoms with Crippen molar-refractivity contribution in [1.82, 2.24) is 4.90 Å². The number of aromatic hydroxyl groups is 1. The van der Waals surface area contributed by atoms with Crippen molar-refractivity contribution >= 4 is 29.2 Å². The fourth-order valence-corrected chi connectivity index (χ4v) is 8.07. The Labute approximate surface area is 247 Å². The van der Waals surface area contributed by atoms with Crippen molar-refractivity contribution in [2.75, 3.05) is 37.0 Å². The predicted molar refractivity (Wildman–Crippen MR) is 151 cm³/mol. The molecule has 1 saturated heterocycles. The highest BCUT2D eigenvalue weighted by Crippen LogP contribution is 2.66. The molecule has 3 aliphatic heterocycles. The molecule has 1 spiro atoms. The summed E-state index contributed by atoms with van der Waals surface area (Å²) < 4.78 is 6.66. The van der Waals surface area contributed by atoms with E-state index in [4.69, 9.17) is 25.2 Å². The summed E-state index contributed by atoms with van der Waals surface area (Å²) in [6, 6.07) is 11.7. The summed E-state index contributed by atoms with van der Waals surface area (Å²) in [4.78, 5) is 38.7. The van der Waals surface area contributed by atoms with E-state index in [1.807, 2.05) is 31.3 Å². The van der Waals surface area contributed by atoms with Gasteiger partial charge in [-0.2, -0.15) is 0 Å². The third-order valence-electron chi connectivity index (χ3n) is 10.1. The summed E-state index contributed by atoms with van der Waals surface area (Å²) in [6.45, 7) is 1.15. The zero-order valence-electron chi connectivity index (χ0n) is 23.8. The van der Waals surface area contributed by atoms with Crippen molar-refractivity contribution in [2.24, 2.45) is 0 Å². The number of hydrogen-bond donors (Lipinski definition) is 6. The van der Waals surface area contributed by atoms with E-state index in [9.17, 15) is 24.6 Å². The van der Waals surface area contributed by atoms with Crippen LogP contribution in [0.2, 0.25) is 0 Å². The van der Waals surface area contributed by atoms with Crippen LogP contribution < -0.4 is 14.5 Å². The summed E-state index contributed by atoms with van der Waals surface area (Å²) in [6.07, 6.45) is -1.97. The van der Waals surface area contributed by atoms with Crippen molar-refractivity contribution in [2.45, 2.75) is 67.1 Å². The number of amides is 1. The van der Waals surface area contributed by atoms with Gasteiger partial charge in [-0.15, -0.1) is 0 Å². The fraction of sp³-hybridized carbons (Fsp3) is 0.500. The van der Waals surface area contributed by atoms with Gasteiger partial charge in [0.15, 0.2) is 23.7 Å². The largest absolute Gasteiger partial charge is 0.504 e.